The maximum atomic E-state index is 2.36. The quantitative estimate of drug-likeness (QED) is 0.168. The largest absolute Gasteiger partial charge is 0.151 e. The van der Waals surface area contributed by atoms with Gasteiger partial charge in [0.05, 0.1) is 0 Å². The number of rotatable bonds is 8. The molecule has 0 unspecified atom stereocenters. The average Bonchev–Trinajstić information content (AvgIpc) is 3.07. The van der Waals surface area contributed by atoms with Crippen LogP contribution in [0, 0.1) is 0 Å². The lowest BCUT2D eigenvalue weighted by atomic mass is 10.4. The zero-order valence-corrected chi connectivity index (χ0v) is 25.7. The van der Waals surface area contributed by atoms with Crippen molar-refractivity contribution in [1.82, 2.24) is 0 Å². The first-order chi connectivity index (χ1) is 20.3. The number of benzene rings is 6. The van der Waals surface area contributed by atoms with Gasteiger partial charge in [0.2, 0.25) is 0 Å². The molecule has 0 saturated carbocycles. The molecule has 200 valence electrons. The van der Waals surface area contributed by atoms with Crippen LogP contribution in [0.3, 0.4) is 0 Å². The normalized spacial score (nSPS) is 11.6. The molecule has 3 heteroatoms. The fourth-order valence-corrected chi connectivity index (χ4v) is 20.8. The molecule has 0 aliphatic rings. The minimum atomic E-state index is -2.35. The van der Waals surface area contributed by atoms with Gasteiger partial charge in [-0.05, 0) is 58.6 Å². The van der Waals surface area contributed by atoms with Crippen LogP contribution >= 0.6 is 25.9 Å². The summed E-state index contributed by atoms with van der Waals surface area (Å²) in [4.78, 5) is 0. The van der Waals surface area contributed by atoms with Gasteiger partial charge in [0.25, 0.3) is 0 Å². The maximum Gasteiger partial charge on any atom is 0.151 e. The highest BCUT2D eigenvalue weighted by Gasteiger charge is 2.54. The molecular weight excluding hydrogens is 550 g/mol. The summed E-state index contributed by atoms with van der Waals surface area (Å²) >= 11 is 1.97. The first-order valence-electron chi connectivity index (χ1n) is 13.9. The Morgan fingerprint density at radius 3 is 0.878 bits per heavy atom. The molecule has 0 radical (unpaired) electrons. The molecule has 0 spiro atoms. The lowest BCUT2D eigenvalue weighted by molar-refractivity contribution is 1.73. The molecule has 41 heavy (non-hydrogen) atoms. The summed E-state index contributed by atoms with van der Waals surface area (Å²) < 4.78 is 1.55. The van der Waals surface area contributed by atoms with E-state index in [1.54, 1.807) is 4.37 Å². The van der Waals surface area contributed by atoms with Gasteiger partial charge in [0.15, 0.2) is 7.26 Å². The first kappa shape index (κ1) is 27.6. The summed E-state index contributed by atoms with van der Waals surface area (Å²) in [5.74, 6) is 0. The van der Waals surface area contributed by atoms with Crippen molar-refractivity contribution in [2.75, 3.05) is 6.26 Å². The van der Waals surface area contributed by atoms with Crippen LogP contribution in [0.4, 0.5) is 0 Å². The Morgan fingerprint density at radius 1 is 0.390 bits per heavy atom. The van der Waals surface area contributed by atoms with E-state index in [2.05, 4.69) is 188 Å². The molecule has 0 amide bonds. The van der Waals surface area contributed by atoms with Gasteiger partial charge < -0.3 is 0 Å². The Labute approximate surface area is 249 Å². The minimum absolute atomic E-state index is 1.38. The minimum Gasteiger partial charge on any atom is -0.0900 e. The Kier molecular flexibility index (Phi) is 8.41. The molecule has 0 nitrogen and oxygen atoms in total. The van der Waals surface area contributed by atoms with Crippen LogP contribution < -0.4 is 31.8 Å². The van der Waals surface area contributed by atoms with Crippen LogP contribution in [-0.2, 0) is 0 Å². The van der Waals surface area contributed by atoms with Crippen LogP contribution in [0.15, 0.2) is 182 Å². The smallest absolute Gasteiger partial charge is 0.0900 e. The van der Waals surface area contributed by atoms with Gasteiger partial charge in [-0.2, -0.15) is 0 Å². The summed E-state index contributed by atoms with van der Waals surface area (Å²) in [5.41, 5.74) is 0. The summed E-state index contributed by atoms with van der Waals surface area (Å²) in [7, 11) is -2.35. The predicted octanol–water partition coefficient (Wildman–Crippen LogP) is 7.43. The van der Waals surface area contributed by atoms with Crippen molar-refractivity contribution < 1.29 is 0 Å². The van der Waals surface area contributed by atoms with Gasteiger partial charge in [-0.25, -0.2) is 0 Å². The van der Waals surface area contributed by atoms with Gasteiger partial charge in [0.1, 0.15) is 20.3 Å². The summed E-state index contributed by atoms with van der Waals surface area (Å²) in [6.45, 7) is -2.35. The number of thioether (sulfide) groups is 1. The lowest BCUT2D eigenvalue weighted by Gasteiger charge is -2.37. The van der Waals surface area contributed by atoms with Crippen molar-refractivity contribution in [2.24, 2.45) is 0 Å². The molecule has 0 fully saturated rings. The maximum absolute atomic E-state index is 2.36. The van der Waals surface area contributed by atoms with Gasteiger partial charge >= 0.3 is 0 Å². The molecule has 0 heterocycles. The average molecular weight is 584 g/mol. The zero-order chi connectivity index (χ0) is 28.0. The Bertz CT molecular complexity index is 1540. The highest BCUT2D eigenvalue weighted by Crippen LogP contribution is 2.68. The van der Waals surface area contributed by atoms with E-state index < -0.39 is 14.1 Å². The van der Waals surface area contributed by atoms with E-state index in [1.165, 1.54) is 31.8 Å². The van der Waals surface area contributed by atoms with Crippen molar-refractivity contribution in [3.63, 3.8) is 0 Å². The molecule has 6 rings (SSSR count). The van der Waals surface area contributed by atoms with E-state index in [4.69, 9.17) is 0 Å². The number of hydrogen-bond acceptors (Lipinski definition) is 1. The van der Waals surface area contributed by atoms with E-state index in [0.29, 0.717) is 0 Å². The second-order valence-corrected chi connectivity index (χ2v) is 18.3. The van der Waals surface area contributed by atoms with Crippen molar-refractivity contribution in [3.8, 4) is 0 Å². The van der Waals surface area contributed by atoms with Crippen LogP contribution in [0.25, 0.3) is 0 Å². The molecule has 0 aliphatic heterocycles. The van der Waals surface area contributed by atoms with Gasteiger partial charge in [-0.15, -0.1) is 0 Å². The molecule has 0 saturated heterocycles. The Morgan fingerprint density at radius 2 is 0.634 bits per heavy atom. The summed E-state index contributed by atoms with van der Waals surface area (Å²) in [6, 6.07) is 67.7. The predicted molar refractivity (Wildman–Crippen MR) is 189 cm³/mol. The number of hydrogen-bond donors (Lipinski definition) is 0. The van der Waals surface area contributed by atoms with E-state index in [0.717, 1.165) is 0 Å². The molecule has 0 bridgehead atoms. The van der Waals surface area contributed by atoms with Crippen molar-refractivity contribution >= 4 is 62.1 Å². The van der Waals surface area contributed by atoms with Gasteiger partial charge in [-0.1, -0.05) is 157 Å². The highest BCUT2D eigenvalue weighted by molar-refractivity contribution is 8.44. The highest BCUT2D eigenvalue weighted by atomic mass is 32.2. The molecule has 0 atom stereocenters. The second kappa shape index (κ2) is 12.5. The molecule has 6 aromatic carbocycles. The standard InChI is InChI=1S/C38H33P2S/c1-41-38(39(32-20-8-2-9-21-32,33-22-10-3-11-23-33)34-24-12-4-13-25-34)40(35-26-14-5-15-27-35,36-28-16-6-17-29-36)37-30-18-7-19-31-37/h2-31H,1H3/q+1. The first-order valence-corrected chi connectivity index (χ1v) is 18.7. The molecule has 0 N–H and O–H groups in total. The van der Waals surface area contributed by atoms with Crippen LogP contribution in [0.2, 0.25) is 0 Å². The second-order valence-electron chi connectivity index (χ2n) is 9.84. The molecular formula is C38H33P2S+. The van der Waals surface area contributed by atoms with Gasteiger partial charge in [-0.3, -0.25) is 0 Å². The SMILES string of the molecule is CSC(=P(c1ccccc1)(c1ccccc1)c1ccccc1)[P+](c1ccccc1)(c1ccccc1)c1ccccc1. The van der Waals surface area contributed by atoms with Crippen LogP contribution in [0.1, 0.15) is 0 Å². The molecule has 0 aliphatic carbocycles. The van der Waals surface area contributed by atoms with E-state index >= 15 is 0 Å². The fraction of sp³-hybridized carbons (Fsp3) is 0.0263. The van der Waals surface area contributed by atoms with Crippen molar-refractivity contribution in [3.05, 3.63) is 182 Å². The monoisotopic (exact) mass is 583 g/mol. The summed E-state index contributed by atoms with van der Waals surface area (Å²) in [5, 5.41) is 8.30. The van der Waals surface area contributed by atoms with E-state index in [9.17, 15) is 0 Å². The zero-order valence-electron chi connectivity index (χ0n) is 23.1. The van der Waals surface area contributed by atoms with Crippen molar-refractivity contribution in [2.45, 2.75) is 0 Å². The third-order valence-corrected chi connectivity index (χ3v) is 20.1. The summed E-state index contributed by atoms with van der Waals surface area (Å²) in [6.07, 6.45) is 2.31. The fourth-order valence-electron chi connectivity index (χ4n) is 5.97. The third kappa shape index (κ3) is 4.83. The van der Waals surface area contributed by atoms with Gasteiger partial charge in [0, 0.05) is 6.89 Å². The van der Waals surface area contributed by atoms with Crippen LogP contribution in [-0.4, -0.2) is 10.6 Å². The van der Waals surface area contributed by atoms with Crippen molar-refractivity contribution in [1.29, 1.82) is 0 Å². The Hall–Kier alpha value is -3.60. The third-order valence-electron chi connectivity index (χ3n) is 7.62. The van der Waals surface area contributed by atoms with Crippen LogP contribution in [0.5, 0.6) is 0 Å². The lowest BCUT2D eigenvalue weighted by Crippen LogP contribution is -2.40. The Balaban J connectivity index is 1.97. The molecule has 6 aromatic rings. The molecule has 0 aromatic heterocycles. The van der Waals surface area contributed by atoms with E-state index in [-0.39, 0.29) is 0 Å². The van der Waals surface area contributed by atoms with E-state index in [1.807, 2.05) is 11.8 Å². The topological polar surface area (TPSA) is 0 Å².